The molecule has 0 aliphatic heterocycles. The lowest BCUT2D eigenvalue weighted by molar-refractivity contribution is -0.124. The zero-order chi connectivity index (χ0) is 15.2. The van der Waals surface area contributed by atoms with Crippen molar-refractivity contribution in [3.8, 4) is 0 Å². The fourth-order valence-electron chi connectivity index (χ4n) is 2.02. The van der Waals surface area contributed by atoms with Crippen molar-refractivity contribution in [2.75, 3.05) is 13.2 Å². The van der Waals surface area contributed by atoms with Crippen LogP contribution in [0.4, 0.5) is 0 Å². The summed E-state index contributed by atoms with van der Waals surface area (Å²) in [6.45, 7) is 4.13. The smallest absolute Gasteiger partial charge is 0.375 e. The van der Waals surface area contributed by atoms with Crippen LogP contribution >= 0.6 is 0 Å². The largest absolute Gasteiger partial charge is 0.450 e. The van der Waals surface area contributed by atoms with Crippen LogP contribution in [0.3, 0.4) is 0 Å². The summed E-state index contributed by atoms with van der Waals surface area (Å²) in [6.07, 6.45) is 1.90. The first-order valence-electron chi connectivity index (χ1n) is 7.05. The maximum absolute atomic E-state index is 12.0. The third-order valence-corrected chi connectivity index (χ3v) is 3.22. The van der Waals surface area contributed by atoms with Crippen molar-refractivity contribution >= 4 is 22.8 Å². The van der Waals surface area contributed by atoms with Crippen molar-refractivity contribution < 1.29 is 18.7 Å². The van der Waals surface area contributed by atoms with Gasteiger partial charge in [-0.1, -0.05) is 31.5 Å². The molecule has 0 aliphatic rings. The fraction of sp³-hybridized carbons (Fsp3) is 0.375. The molecule has 0 aliphatic carbocycles. The van der Waals surface area contributed by atoms with Crippen LogP contribution in [0.25, 0.3) is 11.0 Å². The first-order chi connectivity index (χ1) is 10.1. The minimum atomic E-state index is -0.616. The van der Waals surface area contributed by atoms with Crippen molar-refractivity contribution in [2.45, 2.75) is 26.7 Å². The molecule has 2 aromatic rings. The zero-order valence-corrected chi connectivity index (χ0v) is 12.3. The number of aryl methyl sites for hydroxylation is 1. The van der Waals surface area contributed by atoms with Gasteiger partial charge < -0.3 is 14.5 Å². The molecule has 5 nitrogen and oxygen atoms in total. The van der Waals surface area contributed by atoms with Gasteiger partial charge in [-0.2, -0.15) is 0 Å². The molecule has 1 amide bonds. The van der Waals surface area contributed by atoms with E-state index >= 15 is 0 Å². The molecule has 0 saturated carbocycles. The molecule has 1 heterocycles. The Bertz CT molecular complexity index is 645. The molecule has 0 saturated heterocycles. The quantitative estimate of drug-likeness (QED) is 0.656. The van der Waals surface area contributed by atoms with E-state index in [1.165, 1.54) is 0 Å². The lowest BCUT2D eigenvalue weighted by atomic mass is 10.1. The van der Waals surface area contributed by atoms with E-state index in [4.69, 9.17) is 9.15 Å². The van der Waals surface area contributed by atoms with Crippen LogP contribution in [0.2, 0.25) is 0 Å². The summed E-state index contributed by atoms with van der Waals surface area (Å²) in [7, 11) is 0. The summed E-state index contributed by atoms with van der Waals surface area (Å²) in [5.74, 6) is -0.766. The lowest BCUT2D eigenvalue weighted by Crippen LogP contribution is -2.29. The third-order valence-electron chi connectivity index (χ3n) is 3.22. The first-order valence-corrected chi connectivity index (χ1v) is 7.05. The molecule has 0 bridgehead atoms. The highest BCUT2D eigenvalue weighted by molar-refractivity contribution is 5.96. The number of fused-ring (bicyclic) bond motifs is 1. The number of hydrogen-bond acceptors (Lipinski definition) is 4. The van der Waals surface area contributed by atoms with E-state index in [-0.39, 0.29) is 18.3 Å². The zero-order valence-electron chi connectivity index (χ0n) is 12.3. The predicted molar refractivity (Wildman–Crippen MR) is 79.2 cm³/mol. The predicted octanol–water partition coefficient (Wildman–Crippen LogP) is 2.81. The molecule has 0 unspecified atom stereocenters. The van der Waals surface area contributed by atoms with Gasteiger partial charge in [0.25, 0.3) is 5.91 Å². The molecular weight excluding hydrogens is 270 g/mol. The maximum atomic E-state index is 12.0. The molecule has 1 aromatic carbocycles. The van der Waals surface area contributed by atoms with Crippen molar-refractivity contribution in [3.63, 3.8) is 0 Å². The van der Waals surface area contributed by atoms with Crippen LogP contribution in [0.15, 0.2) is 28.7 Å². The van der Waals surface area contributed by atoms with Crippen LogP contribution in [0.1, 0.15) is 35.9 Å². The van der Waals surface area contributed by atoms with Crippen LogP contribution in [-0.4, -0.2) is 25.0 Å². The molecule has 21 heavy (non-hydrogen) atoms. The second kappa shape index (κ2) is 6.92. The number of nitrogens with one attached hydrogen (secondary N) is 1. The van der Waals surface area contributed by atoms with E-state index in [1.807, 2.05) is 25.1 Å². The number of para-hydroxylation sites is 1. The third kappa shape index (κ3) is 3.62. The monoisotopic (exact) mass is 289 g/mol. The Kier molecular flexibility index (Phi) is 4.98. The van der Waals surface area contributed by atoms with Crippen LogP contribution in [0.5, 0.6) is 0 Å². The lowest BCUT2D eigenvalue weighted by Gasteiger charge is -2.05. The van der Waals surface area contributed by atoms with Gasteiger partial charge in [-0.3, -0.25) is 4.79 Å². The van der Waals surface area contributed by atoms with E-state index < -0.39 is 5.97 Å². The molecule has 5 heteroatoms. The number of benzene rings is 1. The van der Waals surface area contributed by atoms with Crippen molar-refractivity contribution in [1.82, 2.24) is 5.32 Å². The number of carbonyl (C=O) groups is 2. The number of furan rings is 1. The molecule has 0 spiro atoms. The molecule has 112 valence electrons. The number of rotatable bonds is 6. The molecule has 0 radical (unpaired) electrons. The molecule has 1 N–H and O–H groups in total. The van der Waals surface area contributed by atoms with Gasteiger partial charge in [0.15, 0.2) is 6.61 Å². The minimum Gasteiger partial charge on any atom is -0.450 e. The summed E-state index contributed by atoms with van der Waals surface area (Å²) in [6, 6.07) is 7.38. The van der Waals surface area contributed by atoms with E-state index in [1.54, 1.807) is 13.0 Å². The van der Waals surface area contributed by atoms with E-state index in [0.29, 0.717) is 12.1 Å². The van der Waals surface area contributed by atoms with Crippen LogP contribution < -0.4 is 5.32 Å². The average Bonchev–Trinajstić information content (AvgIpc) is 2.83. The molecule has 0 fully saturated rings. The van der Waals surface area contributed by atoms with Gasteiger partial charge in [-0.15, -0.1) is 0 Å². The molecule has 0 atom stereocenters. The molecule has 2 rings (SSSR count). The van der Waals surface area contributed by atoms with Gasteiger partial charge in [-0.05, 0) is 19.4 Å². The fourth-order valence-corrected chi connectivity index (χ4v) is 2.02. The van der Waals surface area contributed by atoms with Gasteiger partial charge in [0.2, 0.25) is 5.76 Å². The summed E-state index contributed by atoms with van der Waals surface area (Å²) in [5, 5.41) is 3.56. The Morgan fingerprint density at radius 3 is 2.76 bits per heavy atom. The van der Waals surface area contributed by atoms with E-state index in [0.717, 1.165) is 23.8 Å². The number of carbonyl (C=O) groups excluding carboxylic acids is 2. The Labute approximate surface area is 123 Å². The Hall–Kier alpha value is -2.30. The molecular formula is C16H19NO4. The van der Waals surface area contributed by atoms with E-state index in [2.05, 4.69) is 5.32 Å². The second-order valence-corrected chi connectivity index (χ2v) is 4.83. The van der Waals surface area contributed by atoms with Crippen molar-refractivity contribution in [1.29, 1.82) is 0 Å². The van der Waals surface area contributed by atoms with Gasteiger partial charge >= 0.3 is 5.97 Å². The van der Waals surface area contributed by atoms with Crippen molar-refractivity contribution in [2.24, 2.45) is 0 Å². The maximum Gasteiger partial charge on any atom is 0.375 e. The Balaban J connectivity index is 1.96. The average molecular weight is 289 g/mol. The number of unbranched alkanes of at least 4 members (excludes halogenated alkanes) is 1. The second-order valence-electron chi connectivity index (χ2n) is 4.83. The highest BCUT2D eigenvalue weighted by Gasteiger charge is 2.19. The van der Waals surface area contributed by atoms with Crippen LogP contribution in [-0.2, 0) is 9.53 Å². The Morgan fingerprint density at radius 1 is 1.29 bits per heavy atom. The normalized spacial score (nSPS) is 10.6. The van der Waals surface area contributed by atoms with Gasteiger partial charge in [-0.25, -0.2) is 4.79 Å². The number of amides is 1. The van der Waals surface area contributed by atoms with Gasteiger partial charge in [0.05, 0.1) is 0 Å². The summed E-state index contributed by atoms with van der Waals surface area (Å²) in [5.41, 5.74) is 1.36. The highest BCUT2D eigenvalue weighted by Crippen LogP contribution is 2.25. The first kappa shape index (κ1) is 15.1. The minimum absolute atomic E-state index is 0.151. The number of hydrogen-bond donors (Lipinski definition) is 1. The number of esters is 1. The molecule has 1 aromatic heterocycles. The summed E-state index contributed by atoms with van der Waals surface area (Å²) < 4.78 is 10.5. The van der Waals surface area contributed by atoms with Crippen LogP contribution in [0, 0.1) is 6.92 Å². The highest BCUT2D eigenvalue weighted by atomic mass is 16.5. The standard InChI is InChI=1S/C16H19NO4/c1-3-4-9-17-14(18)10-20-16(19)15-11(2)12-7-5-6-8-13(12)21-15/h5-8H,3-4,9-10H2,1-2H3,(H,17,18). The topological polar surface area (TPSA) is 68.5 Å². The summed E-state index contributed by atoms with van der Waals surface area (Å²) >= 11 is 0. The van der Waals surface area contributed by atoms with Crippen molar-refractivity contribution in [3.05, 3.63) is 35.6 Å². The van der Waals surface area contributed by atoms with E-state index in [9.17, 15) is 9.59 Å². The van der Waals surface area contributed by atoms with Gasteiger partial charge in [0.1, 0.15) is 5.58 Å². The number of ether oxygens (including phenoxy) is 1. The Morgan fingerprint density at radius 2 is 2.05 bits per heavy atom. The SMILES string of the molecule is CCCCNC(=O)COC(=O)c1oc2ccccc2c1C. The summed E-state index contributed by atoms with van der Waals surface area (Å²) in [4.78, 5) is 23.5. The van der Waals surface area contributed by atoms with Gasteiger partial charge in [0, 0.05) is 17.5 Å².